The van der Waals surface area contributed by atoms with E-state index in [1.165, 1.54) is 23.9 Å². The molecule has 0 aromatic heterocycles. The summed E-state index contributed by atoms with van der Waals surface area (Å²) in [5.74, 6) is -0.417. The summed E-state index contributed by atoms with van der Waals surface area (Å²) in [6, 6.07) is 11.4. The maximum Gasteiger partial charge on any atom is 0.255 e. The molecule has 0 spiro atoms. The number of thioether (sulfide) groups is 1. The molecule has 2 heterocycles. The molecule has 0 aliphatic carbocycles. The van der Waals surface area contributed by atoms with Gasteiger partial charge in [0.2, 0.25) is 15.9 Å². The predicted octanol–water partition coefficient (Wildman–Crippen LogP) is 3.94. The van der Waals surface area contributed by atoms with Gasteiger partial charge in [-0.05, 0) is 62.2 Å². The number of fused-ring (bicyclic) bond motifs is 1. The Balaban J connectivity index is 1.46. The van der Waals surface area contributed by atoms with Gasteiger partial charge in [-0.2, -0.15) is 4.31 Å². The molecule has 1 saturated heterocycles. The van der Waals surface area contributed by atoms with Gasteiger partial charge in [0.15, 0.2) is 0 Å². The second-order valence-corrected chi connectivity index (χ2v) is 11.1. The van der Waals surface area contributed by atoms with Gasteiger partial charge in [-0.1, -0.05) is 12.8 Å². The number of anilines is 2. The van der Waals surface area contributed by atoms with Crippen LogP contribution in [0.4, 0.5) is 11.4 Å². The molecule has 31 heavy (non-hydrogen) atoms. The second kappa shape index (κ2) is 9.02. The van der Waals surface area contributed by atoms with Crippen molar-refractivity contribution in [3.05, 3.63) is 48.0 Å². The Morgan fingerprint density at radius 2 is 1.74 bits per heavy atom. The Kier molecular flexibility index (Phi) is 6.36. The molecule has 2 amide bonds. The van der Waals surface area contributed by atoms with Crippen LogP contribution >= 0.6 is 11.8 Å². The number of benzene rings is 2. The largest absolute Gasteiger partial charge is 0.324 e. The highest BCUT2D eigenvalue weighted by Crippen LogP contribution is 2.36. The average molecular weight is 460 g/mol. The van der Waals surface area contributed by atoms with E-state index in [2.05, 4.69) is 10.6 Å². The van der Waals surface area contributed by atoms with Crippen LogP contribution in [0.3, 0.4) is 0 Å². The highest BCUT2D eigenvalue weighted by atomic mass is 32.2. The molecule has 2 aromatic carbocycles. The van der Waals surface area contributed by atoms with Gasteiger partial charge in [0, 0.05) is 29.2 Å². The molecule has 2 aliphatic heterocycles. The van der Waals surface area contributed by atoms with E-state index in [1.807, 2.05) is 13.0 Å². The fourth-order valence-electron chi connectivity index (χ4n) is 3.69. The van der Waals surface area contributed by atoms with Crippen molar-refractivity contribution >= 4 is 45.0 Å². The monoisotopic (exact) mass is 459 g/mol. The summed E-state index contributed by atoms with van der Waals surface area (Å²) in [5, 5.41) is 5.43. The van der Waals surface area contributed by atoms with Crippen LogP contribution in [0.2, 0.25) is 0 Å². The van der Waals surface area contributed by atoms with Crippen LogP contribution < -0.4 is 10.6 Å². The minimum Gasteiger partial charge on any atom is -0.324 e. The lowest BCUT2D eigenvalue weighted by Gasteiger charge is -2.21. The van der Waals surface area contributed by atoms with E-state index in [9.17, 15) is 18.0 Å². The molecule has 1 atom stereocenters. The van der Waals surface area contributed by atoms with Gasteiger partial charge in [0.1, 0.15) is 0 Å². The quantitative estimate of drug-likeness (QED) is 0.722. The molecular formula is C22H25N3O4S2. The van der Waals surface area contributed by atoms with Crippen LogP contribution in [-0.4, -0.2) is 42.9 Å². The van der Waals surface area contributed by atoms with Gasteiger partial charge < -0.3 is 10.6 Å². The van der Waals surface area contributed by atoms with E-state index >= 15 is 0 Å². The van der Waals surface area contributed by atoms with Crippen molar-refractivity contribution in [2.75, 3.05) is 23.7 Å². The van der Waals surface area contributed by atoms with E-state index in [0.29, 0.717) is 30.0 Å². The van der Waals surface area contributed by atoms with E-state index in [-0.39, 0.29) is 22.0 Å². The highest BCUT2D eigenvalue weighted by molar-refractivity contribution is 8.01. The Labute approximate surface area is 186 Å². The summed E-state index contributed by atoms with van der Waals surface area (Å²) < 4.78 is 27.3. The summed E-state index contributed by atoms with van der Waals surface area (Å²) in [4.78, 5) is 25.7. The average Bonchev–Trinajstić information content (AvgIpc) is 3.05. The first kappa shape index (κ1) is 21.9. The summed E-state index contributed by atoms with van der Waals surface area (Å²) in [6.07, 6.45) is 3.88. The third-order valence-corrected chi connectivity index (χ3v) is 8.58. The molecule has 2 N–H and O–H groups in total. The van der Waals surface area contributed by atoms with Gasteiger partial charge in [-0.25, -0.2) is 8.42 Å². The second-order valence-electron chi connectivity index (χ2n) is 7.76. The lowest BCUT2D eigenvalue weighted by molar-refractivity contribution is -0.115. The first-order chi connectivity index (χ1) is 14.8. The molecule has 2 aromatic rings. The number of amides is 2. The zero-order valence-electron chi connectivity index (χ0n) is 17.3. The van der Waals surface area contributed by atoms with Crippen molar-refractivity contribution < 1.29 is 18.0 Å². The van der Waals surface area contributed by atoms with E-state index < -0.39 is 10.0 Å². The van der Waals surface area contributed by atoms with Crippen molar-refractivity contribution in [3.63, 3.8) is 0 Å². The minimum atomic E-state index is -3.52. The summed E-state index contributed by atoms with van der Waals surface area (Å²) in [7, 11) is -3.52. The fraction of sp³-hybridized carbons (Fsp3) is 0.364. The summed E-state index contributed by atoms with van der Waals surface area (Å²) in [5.41, 5.74) is 1.54. The predicted molar refractivity (Wildman–Crippen MR) is 122 cm³/mol. The molecule has 1 unspecified atom stereocenters. The van der Waals surface area contributed by atoms with Crippen LogP contribution in [0.15, 0.2) is 52.3 Å². The molecule has 0 radical (unpaired) electrons. The van der Waals surface area contributed by atoms with Crippen molar-refractivity contribution in [2.45, 2.75) is 47.6 Å². The number of rotatable bonds is 4. The zero-order chi connectivity index (χ0) is 22.0. The van der Waals surface area contributed by atoms with Gasteiger partial charge in [0.25, 0.3) is 5.91 Å². The lowest BCUT2D eigenvalue weighted by atomic mass is 10.1. The minimum absolute atomic E-state index is 0.0868. The Bertz CT molecular complexity index is 1090. The molecule has 0 saturated carbocycles. The van der Waals surface area contributed by atoms with Crippen molar-refractivity contribution in [1.29, 1.82) is 0 Å². The maximum atomic E-state index is 12.9. The Morgan fingerprint density at radius 3 is 2.42 bits per heavy atom. The normalized spacial score (nSPS) is 19.8. The molecule has 7 nitrogen and oxygen atoms in total. The number of hydrogen-bond donors (Lipinski definition) is 2. The molecule has 0 bridgehead atoms. The first-order valence-electron chi connectivity index (χ1n) is 10.4. The molecule has 2 aliphatic rings. The van der Waals surface area contributed by atoms with Crippen LogP contribution in [0, 0.1) is 0 Å². The van der Waals surface area contributed by atoms with Crippen molar-refractivity contribution in [1.82, 2.24) is 4.31 Å². The molecule has 4 rings (SSSR count). The fourth-order valence-corrected chi connectivity index (χ4v) is 6.14. The molecule has 164 valence electrons. The number of nitrogens with zero attached hydrogens (tertiary/aromatic N) is 1. The van der Waals surface area contributed by atoms with Crippen LogP contribution in [0.5, 0.6) is 0 Å². The highest BCUT2D eigenvalue weighted by Gasteiger charge is 2.26. The number of nitrogens with one attached hydrogen (secondary N) is 2. The van der Waals surface area contributed by atoms with Gasteiger partial charge in [-0.3, -0.25) is 9.59 Å². The third-order valence-electron chi connectivity index (χ3n) is 5.49. The summed E-state index contributed by atoms with van der Waals surface area (Å²) in [6.45, 7) is 2.93. The molecule has 9 heteroatoms. The number of hydrogen-bond acceptors (Lipinski definition) is 5. The molecule has 1 fully saturated rings. The van der Waals surface area contributed by atoms with E-state index in [0.717, 1.165) is 30.6 Å². The molecular weight excluding hydrogens is 434 g/mol. The number of carbonyl (C=O) groups excluding carboxylic acids is 2. The lowest BCUT2D eigenvalue weighted by Crippen LogP contribution is -2.31. The van der Waals surface area contributed by atoms with E-state index in [4.69, 9.17) is 0 Å². The van der Waals surface area contributed by atoms with Crippen LogP contribution in [-0.2, 0) is 14.8 Å². The number of carbonyl (C=O) groups is 2. The van der Waals surface area contributed by atoms with Crippen molar-refractivity contribution in [3.8, 4) is 0 Å². The van der Waals surface area contributed by atoms with Gasteiger partial charge >= 0.3 is 0 Å². The number of sulfonamides is 1. The van der Waals surface area contributed by atoms with Gasteiger partial charge in [-0.15, -0.1) is 11.8 Å². The maximum absolute atomic E-state index is 12.9. The SMILES string of the molecule is CC1Sc2ccc(C(=O)Nc3ccc(S(=O)(=O)N4CCCCCC4)cc3)cc2NC1=O. The van der Waals surface area contributed by atoms with Crippen LogP contribution in [0.25, 0.3) is 0 Å². The standard InChI is InChI=1S/C22H25N3O4S2/c1-15-21(26)24-19-14-16(6-11-20(19)30-15)22(27)23-17-7-9-18(10-8-17)31(28,29)25-12-4-2-3-5-13-25/h6-11,14-15H,2-5,12-13H2,1H3,(H,23,27)(H,24,26). The Hall–Kier alpha value is -2.36. The topological polar surface area (TPSA) is 95.6 Å². The van der Waals surface area contributed by atoms with E-state index in [1.54, 1.807) is 28.6 Å². The summed E-state index contributed by atoms with van der Waals surface area (Å²) >= 11 is 1.46. The Morgan fingerprint density at radius 1 is 1.06 bits per heavy atom. The zero-order valence-corrected chi connectivity index (χ0v) is 18.9. The van der Waals surface area contributed by atoms with Gasteiger partial charge in [0.05, 0.1) is 15.8 Å². The smallest absolute Gasteiger partial charge is 0.255 e. The third kappa shape index (κ3) is 4.78. The van der Waals surface area contributed by atoms with Crippen molar-refractivity contribution in [2.24, 2.45) is 0 Å². The first-order valence-corrected chi connectivity index (χ1v) is 12.7. The van der Waals surface area contributed by atoms with Crippen LogP contribution in [0.1, 0.15) is 43.0 Å².